The molecule has 0 unspecified atom stereocenters. The van der Waals surface area contributed by atoms with Crippen LogP contribution in [0.4, 0.5) is 13.2 Å². The highest BCUT2D eigenvalue weighted by Crippen LogP contribution is 2.35. The van der Waals surface area contributed by atoms with Crippen LogP contribution in [0.2, 0.25) is 0 Å². The summed E-state index contributed by atoms with van der Waals surface area (Å²) in [6.45, 7) is 2.29. The minimum absolute atomic E-state index is 0.0460. The number of aromatic nitrogens is 6. The van der Waals surface area contributed by atoms with Gasteiger partial charge in [0.25, 0.3) is 5.91 Å². The zero-order valence-corrected chi connectivity index (χ0v) is 17.1. The van der Waals surface area contributed by atoms with E-state index in [2.05, 4.69) is 25.4 Å². The van der Waals surface area contributed by atoms with Gasteiger partial charge in [0.2, 0.25) is 5.95 Å². The van der Waals surface area contributed by atoms with Crippen LogP contribution in [0.1, 0.15) is 56.1 Å². The Hall–Kier alpha value is -3.02. The van der Waals surface area contributed by atoms with Crippen LogP contribution in [0, 0.1) is 0 Å². The van der Waals surface area contributed by atoms with E-state index < -0.39 is 17.6 Å². The fourth-order valence-electron chi connectivity index (χ4n) is 3.95. The first-order valence-corrected chi connectivity index (χ1v) is 9.94. The van der Waals surface area contributed by atoms with Crippen molar-refractivity contribution in [2.75, 3.05) is 0 Å². The zero-order chi connectivity index (χ0) is 22.4. The minimum atomic E-state index is -4.33. The Bertz CT molecular complexity index is 1080. The lowest BCUT2D eigenvalue weighted by atomic mass is 9.89. The molecule has 0 bridgehead atoms. The van der Waals surface area contributed by atoms with Crippen molar-refractivity contribution in [2.45, 2.75) is 63.3 Å². The molecule has 3 N–H and O–H groups in total. The lowest BCUT2D eigenvalue weighted by Gasteiger charge is -2.37. The van der Waals surface area contributed by atoms with E-state index in [0.717, 1.165) is 13.8 Å². The molecule has 1 amide bonds. The van der Waals surface area contributed by atoms with Crippen LogP contribution < -0.4 is 11.1 Å². The summed E-state index contributed by atoms with van der Waals surface area (Å²) in [7, 11) is 0. The van der Waals surface area contributed by atoms with Crippen molar-refractivity contribution < 1.29 is 18.0 Å². The predicted octanol–water partition coefficient (Wildman–Crippen LogP) is 2.53. The number of carbonyl (C=O) groups excluding carboxylic acids is 1. The standard InChI is InChI=1S/C19H23F3N8O/c1-18(2,19(20,21)22)28-11-3-5-12(6-4-11)30-15-13(9-25-30)26-17(27-14(15)16(23)31)29-8-7-24-10-29/h7-12,28H,3-6H2,1-2H3,(H2,23,31). The number of halogens is 3. The second kappa shape index (κ2) is 7.59. The molecular formula is C19H23F3N8O. The van der Waals surface area contributed by atoms with Gasteiger partial charge in [-0.05, 0) is 39.5 Å². The number of nitrogens with zero attached hydrogens (tertiary/aromatic N) is 6. The Kier molecular flexibility index (Phi) is 5.20. The molecule has 1 saturated carbocycles. The van der Waals surface area contributed by atoms with E-state index in [-0.39, 0.29) is 23.7 Å². The molecule has 3 aromatic rings. The molecule has 1 aliphatic carbocycles. The Morgan fingerprint density at radius 2 is 1.90 bits per heavy atom. The van der Waals surface area contributed by atoms with E-state index in [1.165, 1.54) is 6.33 Å². The number of nitrogens with one attached hydrogen (secondary N) is 1. The Balaban J connectivity index is 1.58. The SMILES string of the molecule is CC(C)(NC1CCC(n2ncc3nc(-n4ccnc4)nc(C(N)=O)c32)CC1)C(F)(F)F. The second-order valence-corrected chi connectivity index (χ2v) is 8.30. The number of hydrogen-bond donors (Lipinski definition) is 2. The average molecular weight is 436 g/mol. The van der Waals surface area contributed by atoms with Crippen molar-refractivity contribution in [3.63, 3.8) is 0 Å². The molecule has 9 nitrogen and oxygen atoms in total. The van der Waals surface area contributed by atoms with Gasteiger partial charge in [-0.3, -0.25) is 14.0 Å². The number of hydrogen-bond acceptors (Lipinski definition) is 6. The maximum atomic E-state index is 13.2. The first-order chi connectivity index (χ1) is 14.6. The van der Waals surface area contributed by atoms with Gasteiger partial charge >= 0.3 is 6.18 Å². The Morgan fingerprint density at radius 1 is 1.19 bits per heavy atom. The fourth-order valence-corrected chi connectivity index (χ4v) is 3.95. The van der Waals surface area contributed by atoms with E-state index in [9.17, 15) is 18.0 Å². The van der Waals surface area contributed by atoms with Crippen molar-refractivity contribution in [1.29, 1.82) is 0 Å². The first-order valence-electron chi connectivity index (χ1n) is 9.94. The lowest BCUT2D eigenvalue weighted by molar-refractivity contribution is -0.188. The molecule has 0 radical (unpaired) electrons. The van der Waals surface area contributed by atoms with Gasteiger partial charge in [-0.15, -0.1) is 0 Å². The smallest absolute Gasteiger partial charge is 0.364 e. The van der Waals surface area contributed by atoms with Gasteiger partial charge in [0, 0.05) is 18.4 Å². The third kappa shape index (κ3) is 3.99. The van der Waals surface area contributed by atoms with Crippen molar-refractivity contribution in [3.05, 3.63) is 30.6 Å². The Labute approximate surface area is 175 Å². The molecule has 166 valence electrons. The van der Waals surface area contributed by atoms with E-state index in [0.29, 0.717) is 36.7 Å². The summed E-state index contributed by atoms with van der Waals surface area (Å²) in [4.78, 5) is 24.8. The summed E-state index contributed by atoms with van der Waals surface area (Å²) < 4.78 is 42.8. The van der Waals surface area contributed by atoms with E-state index >= 15 is 0 Å². The molecule has 3 aromatic heterocycles. The minimum Gasteiger partial charge on any atom is -0.364 e. The number of fused-ring (bicyclic) bond motifs is 1. The second-order valence-electron chi connectivity index (χ2n) is 8.30. The van der Waals surface area contributed by atoms with Gasteiger partial charge in [-0.1, -0.05) is 0 Å². The number of nitrogens with two attached hydrogens (primary N) is 1. The molecule has 31 heavy (non-hydrogen) atoms. The first kappa shape index (κ1) is 21.2. The predicted molar refractivity (Wildman–Crippen MR) is 106 cm³/mol. The van der Waals surface area contributed by atoms with Crippen LogP contribution in [0.5, 0.6) is 0 Å². The summed E-state index contributed by atoms with van der Waals surface area (Å²) in [6, 6.07) is -0.347. The molecule has 0 atom stereocenters. The van der Waals surface area contributed by atoms with Crippen LogP contribution in [-0.2, 0) is 0 Å². The normalized spacial score (nSPS) is 20.3. The van der Waals surface area contributed by atoms with E-state index in [1.54, 1.807) is 27.8 Å². The van der Waals surface area contributed by atoms with Crippen molar-refractivity contribution in [1.82, 2.24) is 34.6 Å². The van der Waals surface area contributed by atoms with E-state index in [1.807, 2.05) is 0 Å². The van der Waals surface area contributed by atoms with Gasteiger partial charge in [0.15, 0.2) is 5.69 Å². The van der Waals surface area contributed by atoms with E-state index in [4.69, 9.17) is 5.73 Å². The number of amides is 1. The molecule has 0 aliphatic heterocycles. The number of primary amides is 1. The average Bonchev–Trinajstić information content (AvgIpc) is 3.36. The zero-order valence-electron chi connectivity index (χ0n) is 17.1. The molecule has 4 rings (SSSR count). The summed E-state index contributed by atoms with van der Waals surface area (Å²) in [6.07, 6.45) is 4.22. The highest BCUT2D eigenvalue weighted by molar-refractivity contribution is 6.02. The third-order valence-electron chi connectivity index (χ3n) is 5.72. The van der Waals surface area contributed by atoms with Gasteiger partial charge in [-0.25, -0.2) is 15.0 Å². The summed E-state index contributed by atoms with van der Waals surface area (Å²) in [5, 5.41) is 7.13. The third-order valence-corrected chi connectivity index (χ3v) is 5.72. The molecule has 12 heteroatoms. The topological polar surface area (TPSA) is 117 Å². The van der Waals surface area contributed by atoms with Gasteiger partial charge in [0.1, 0.15) is 22.9 Å². The van der Waals surface area contributed by atoms with Crippen LogP contribution in [0.25, 0.3) is 17.0 Å². The number of carbonyl (C=O) groups is 1. The van der Waals surface area contributed by atoms with Gasteiger partial charge in [0.05, 0.1) is 12.2 Å². The Morgan fingerprint density at radius 3 is 2.48 bits per heavy atom. The highest BCUT2D eigenvalue weighted by atomic mass is 19.4. The molecule has 1 fully saturated rings. The molecule has 0 spiro atoms. The molecular weight excluding hydrogens is 413 g/mol. The largest absolute Gasteiger partial charge is 0.406 e. The van der Waals surface area contributed by atoms with Crippen molar-refractivity contribution in [2.24, 2.45) is 5.73 Å². The highest BCUT2D eigenvalue weighted by Gasteiger charge is 2.48. The van der Waals surface area contributed by atoms with Crippen LogP contribution in [-0.4, -0.2) is 53.0 Å². The van der Waals surface area contributed by atoms with Crippen molar-refractivity contribution >= 4 is 16.9 Å². The molecule has 0 saturated heterocycles. The molecule has 3 heterocycles. The number of alkyl halides is 3. The summed E-state index contributed by atoms with van der Waals surface area (Å²) in [5.74, 6) is -0.460. The quantitative estimate of drug-likeness (QED) is 0.635. The molecule has 0 aromatic carbocycles. The monoisotopic (exact) mass is 436 g/mol. The number of imidazole rings is 1. The summed E-state index contributed by atoms with van der Waals surface area (Å²) >= 11 is 0. The lowest BCUT2D eigenvalue weighted by Crippen LogP contribution is -2.56. The maximum Gasteiger partial charge on any atom is 0.406 e. The maximum absolute atomic E-state index is 13.2. The van der Waals surface area contributed by atoms with Crippen LogP contribution in [0.3, 0.4) is 0 Å². The van der Waals surface area contributed by atoms with Crippen LogP contribution >= 0.6 is 0 Å². The fraction of sp³-hybridized carbons (Fsp3) is 0.526. The van der Waals surface area contributed by atoms with Gasteiger partial charge < -0.3 is 11.1 Å². The van der Waals surface area contributed by atoms with Gasteiger partial charge in [-0.2, -0.15) is 18.3 Å². The number of rotatable bonds is 5. The van der Waals surface area contributed by atoms with Crippen LogP contribution in [0.15, 0.2) is 24.9 Å². The van der Waals surface area contributed by atoms with Crippen molar-refractivity contribution in [3.8, 4) is 5.95 Å². The summed E-state index contributed by atoms with van der Waals surface area (Å²) in [5.41, 5.74) is 4.56. The molecule has 1 aliphatic rings.